The Hall–Kier alpha value is -0.0800. The van der Waals surface area contributed by atoms with Crippen LogP contribution in [0, 0.1) is 0 Å². The second kappa shape index (κ2) is 6.75. The van der Waals surface area contributed by atoms with E-state index in [1.165, 1.54) is 32.4 Å². The Morgan fingerprint density at radius 1 is 1.00 bits per heavy atom. The van der Waals surface area contributed by atoms with Crippen molar-refractivity contribution in [3.05, 3.63) is 0 Å². The van der Waals surface area contributed by atoms with Gasteiger partial charge in [-0.25, -0.2) is 0 Å². The summed E-state index contributed by atoms with van der Waals surface area (Å²) in [4.78, 5) is 5.35. The normalized spacial score (nSPS) is 23.3. The molecule has 17 heavy (non-hydrogen) atoms. The molecule has 0 aliphatic carbocycles. The molecule has 1 unspecified atom stereocenters. The van der Waals surface area contributed by atoms with Crippen LogP contribution in [0.1, 0.15) is 60.8 Å². The lowest BCUT2D eigenvalue weighted by atomic mass is 9.99. The molecule has 0 radical (unpaired) electrons. The molecule has 0 aromatic carbocycles. The Bertz CT molecular complexity index is 203. The van der Waals surface area contributed by atoms with Gasteiger partial charge in [0, 0.05) is 30.7 Å². The molecule has 0 saturated carbocycles. The van der Waals surface area contributed by atoms with Gasteiger partial charge < -0.3 is 0 Å². The zero-order valence-corrected chi connectivity index (χ0v) is 12.7. The highest BCUT2D eigenvalue weighted by atomic mass is 15.3. The van der Waals surface area contributed by atoms with Crippen LogP contribution in [0.15, 0.2) is 0 Å². The van der Waals surface area contributed by atoms with E-state index in [9.17, 15) is 0 Å². The van der Waals surface area contributed by atoms with Gasteiger partial charge in [0.05, 0.1) is 0 Å². The van der Waals surface area contributed by atoms with Crippen molar-refractivity contribution in [1.82, 2.24) is 9.80 Å². The lowest BCUT2D eigenvalue weighted by molar-refractivity contribution is 0.0554. The first-order valence-corrected chi connectivity index (χ1v) is 7.45. The number of rotatable bonds is 5. The second-order valence-electron chi connectivity index (χ2n) is 6.37. The van der Waals surface area contributed by atoms with Gasteiger partial charge in [0.1, 0.15) is 0 Å². The number of piperidine rings is 1. The molecule has 1 fully saturated rings. The van der Waals surface area contributed by atoms with E-state index in [-0.39, 0.29) is 0 Å². The van der Waals surface area contributed by atoms with Crippen LogP contribution < -0.4 is 0 Å². The summed E-state index contributed by atoms with van der Waals surface area (Å²) in [5.74, 6) is 0. The zero-order chi connectivity index (χ0) is 13.0. The molecule has 0 aromatic rings. The van der Waals surface area contributed by atoms with Crippen LogP contribution in [0.4, 0.5) is 0 Å². The van der Waals surface area contributed by atoms with Gasteiger partial charge >= 0.3 is 0 Å². The Balaban J connectivity index is 2.62. The minimum absolute atomic E-state index is 0.658. The molecule has 1 aliphatic heterocycles. The largest absolute Gasteiger partial charge is 0.297 e. The number of nitrogens with zero attached hydrogens (tertiary/aromatic N) is 2. The van der Waals surface area contributed by atoms with Gasteiger partial charge in [-0.2, -0.15) is 0 Å². The molecule has 0 amide bonds. The Morgan fingerprint density at radius 2 is 1.59 bits per heavy atom. The third-order valence-corrected chi connectivity index (χ3v) is 4.08. The Kier molecular flexibility index (Phi) is 5.94. The molecule has 0 N–H and O–H groups in total. The third kappa shape index (κ3) is 4.26. The van der Waals surface area contributed by atoms with E-state index in [2.05, 4.69) is 51.3 Å². The Morgan fingerprint density at radius 3 is 2.06 bits per heavy atom. The van der Waals surface area contributed by atoms with E-state index in [1.807, 2.05) is 0 Å². The first-order chi connectivity index (χ1) is 7.93. The molecule has 1 rings (SSSR count). The quantitative estimate of drug-likeness (QED) is 0.727. The van der Waals surface area contributed by atoms with Crippen LogP contribution in [-0.2, 0) is 0 Å². The molecular formula is C15H32N2. The molecule has 102 valence electrons. The van der Waals surface area contributed by atoms with Crippen molar-refractivity contribution in [2.75, 3.05) is 13.1 Å². The van der Waals surface area contributed by atoms with Gasteiger partial charge in [0.15, 0.2) is 0 Å². The second-order valence-corrected chi connectivity index (χ2v) is 6.37. The SMILES string of the molecule is CC(C)N(CC1CCCCN1C(C)C)C(C)C. The molecule has 1 heterocycles. The minimum Gasteiger partial charge on any atom is -0.297 e. The summed E-state index contributed by atoms with van der Waals surface area (Å²) in [6, 6.07) is 2.78. The lowest BCUT2D eigenvalue weighted by Crippen LogP contribution is -2.52. The van der Waals surface area contributed by atoms with Crippen LogP contribution in [0.5, 0.6) is 0 Å². The standard InChI is InChI=1S/C15H32N2/c1-12(2)16-10-8-7-9-15(16)11-17(13(3)4)14(5)6/h12-15H,7-11H2,1-6H3. The summed E-state index contributed by atoms with van der Waals surface area (Å²) >= 11 is 0. The molecule has 1 atom stereocenters. The average molecular weight is 240 g/mol. The van der Waals surface area contributed by atoms with Gasteiger partial charge in [0.2, 0.25) is 0 Å². The predicted molar refractivity (Wildman–Crippen MR) is 76.5 cm³/mol. The maximum atomic E-state index is 2.71. The predicted octanol–water partition coefficient (Wildman–Crippen LogP) is 3.37. The highest BCUT2D eigenvalue weighted by Gasteiger charge is 2.27. The van der Waals surface area contributed by atoms with Crippen LogP contribution in [0.2, 0.25) is 0 Å². The first-order valence-electron chi connectivity index (χ1n) is 7.45. The fourth-order valence-electron chi connectivity index (χ4n) is 3.16. The van der Waals surface area contributed by atoms with E-state index in [0.717, 1.165) is 6.04 Å². The van der Waals surface area contributed by atoms with E-state index in [4.69, 9.17) is 0 Å². The summed E-state index contributed by atoms with van der Waals surface area (Å²) in [6.45, 7) is 16.5. The van der Waals surface area contributed by atoms with Crippen molar-refractivity contribution in [1.29, 1.82) is 0 Å². The topological polar surface area (TPSA) is 6.48 Å². The monoisotopic (exact) mass is 240 g/mol. The smallest absolute Gasteiger partial charge is 0.0226 e. The van der Waals surface area contributed by atoms with Crippen molar-refractivity contribution in [3.63, 3.8) is 0 Å². The van der Waals surface area contributed by atoms with Crippen LogP contribution in [0.25, 0.3) is 0 Å². The fourth-order valence-corrected chi connectivity index (χ4v) is 3.16. The van der Waals surface area contributed by atoms with Crippen LogP contribution in [0.3, 0.4) is 0 Å². The molecule has 2 nitrogen and oxygen atoms in total. The zero-order valence-electron chi connectivity index (χ0n) is 12.7. The molecule has 1 aliphatic rings. The highest BCUT2D eigenvalue weighted by Crippen LogP contribution is 2.21. The molecule has 1 saturated heterocycles. The van der Waals surface area contributed by atoms with Crippen molar-refractivity contribution in [2.24, 2.45) is 0 Å². The Labute approximate surface area is 108 Å². The van der Waals surface area contributed by atoms with Gasteiger partial charge in [-0.1, -0.05) is 6.42 Å². The third-order valence-electron chi connectivity index (χ3n) is 4.08. The van der Waals surface area contributed by atoms with Crippen LogP contribution >= 0.6 is 0 Å². The van der Waals surface area contributed by atoms with Gasteiger partial charge in [0.25, 0.3) is 0 Å². The van der Waals surface area contributed by atoms with Crippen molar-refractivity contribution in [2.45, 2.75) is 85.0 Å². The van der Waals surface area contributed by atoms with E-state index < -0.39 is 0 Å². The summed E-state index contributed by atoms with van der Waals surface area (Å²) in [5, 5.41) is 0. The average Bonchev–Trinajstić information content (AvgIpc) is 2.25. The first kappa shape index (κ1) is 15.0. The van der Waals surface area contributed by atoms with Gasteiger partial charge in [-0.15, -0.1) is 0 Å². The molecule has 0 aromatic heterocycles. The number of hydrogen-bond acceptors (Lipinski definition) is 2. The van der Waals surface area contributed by atoms with Crippen molar-refractivity contribution in [3.8, 4) is 0 Å². The summed E-state index contributed by atoms with van der Waals surface area (Å²) in [6.07, 6.45) is 4.18. The summed E-state index contributed by atoms with van der Waals surface area (Å²) in [7, 11) is 0. The maximum absolute atomic E-state index is 2.71. The summed E-state index contributed by atoms with van der Waals surface area (Å²) < 4.78 is 0. The minimum atomic E-state index is 0.658. The van der Waals surface area contributed by atoms with Gasteiger partial charge in [-0.3, -0.25) is 9.80 Å². The van der Waals surface area contributed by atoms with Crippen molar-refractivity contribution >= 4 is 0 Å². The van der Waals surface area contributed by atoms with E-state index in [1.54, 1.807) is 0 Å². The molecule has 0 bridgehead atoms. The highest BCUT2D eigenvalue weighted by molar-refractivity contribution is 4.83. The maximum Gasteiger partial charge on any atom is 0.0226 e. The van der Waals surface area contributed by atoms with Crippen LogP contribution in [-0.4, -0.2) is 47.1 Å². The molecule has 2 heteroatoms. The van der Waals surface area contributed by atoms with E-state index >= 15 is 0 Å². The number of likely N-dealkylation sites (tertiary alicyclic amines) is 1. The molecule has 0 spiro atoms. The van der Waals surface area contributed by atoms with Gasteiger partial charge in [-0.05, 0) is 60.9 Å². The number of hydrogen-bond donors (Lipinski definition) is 0. The molecular weight excluding hydrogens is 208 g/mol. The lowest BCUT2D eigenvalue weighted by Gasteiger charge is -2.43. The van der Waals surface area contributed by atoms with Crippen molar-refractivity contribution < 1.29 is 0 Å². The van der Waals surface area contributed by atoms with E-state index in [0.29, 0.717) is 18.1 Å². The fraction of sp³-hybridized carbons (Fsp3) is 1.00. The summed E-state index contributed by atoms with van der Waals surface area (Å²) in [5.41, 5.74) is 0.